The van der Waals surface area contributed by atoms with E-state index in [2.05, 4.69) is 0 Å². The summed E-state index contributed by atoms with van der Waals surface area (Å²) in [5.74, 6) is 0.139. The Labute approximate surface area is 154 Å². The summed E-state index contributed by atoms with van der Waals surface area (Å²) in [6.45, 7) is 2.40. The summed E-state index contributed by atoms with van der Waals surface area (Å²) in [4.78, 5) is 14.4. The van der Waals surface area contributed by atoms with Crippen LogP contribution in [-0.4, -0.2) is 45.2 Å². The average molecular weight is 374 g/mol. The molecule has 1 aliphatic heterocycles. The fraction of sp³-hybridized carbons (Fsp3) is 0.316. The molecule has 3 rings (SSSR count). The van der Waals surface area contributed by atoms with E-state index in [1.165, 1.54) is 4.31 Å². The predicted molar refractivity (Wildman–Crippen MR) is 101 cm³/mol. The summed E-state index contributed by atoms with van der Waals surface area (Å²) < 4.78 is 31.3. The summed E-state index contributed by atoms with van der Waals surface area (Å²) in [5.41, 5.74) is 2.61. The Hall–Kier alpha value is -2.54. The lowest BCUT2D eigenvalue weighted by Crippen LogP contribution is -2.50. The molecule has 0 N–H and O–H groups in total. The zero-order valence-corrected chi connectivity index (χ0v) is 15.9. The van der Waals surface area contributed by atoms with Gasteiger partial charge in [0.1, 0.15) is 5.75 Å². The van der Waals surface area contributed by atoms with E-state index in [0.717, 1.165) is 17.4 Å². The third-order valence-corrected chi connectivity index (χ3v) is 5.47. The van der Waals surface area contributed by atoms with Crippen LogP contribution in [0, 0.1) is 6.92 Å². The first-order valence-corrected chi connectivity index (χ1v) is 10.1. The van der Waals surface area contributed by atoms with Gasteiger partial charge in [-0.3, -0.25) is 9.10 Å². The van der Waals surface area contributed by atoms with Gasteiger partial charge >= 0.3 is 0 Å². The molecule has 0 fully saturated rings. The van der Waals surface area contributed by atoms with Gasteiger partial charge in [0, 0.05) is 13.6 Å². The van der Waals surface area contributed by atoms with Crippen LogP contribution < -0.4 is 9.04 Å². The third kappa shape index (κ3) is 3.83. The van der Waals surface area contributed by atoms with E-state index in [9.17, 15) is 13.2 Å². The first kappa shape index (κ1) is 18.3. The van der Waals surface area contributed by atoms with Crippen molar-refractivity contribution in [2.75, 3.05) is 24.2 Å². The molecule has 1 atom stereocenters. The molecule has 2 aromatic rings. The fourth-order valence-corrected chi connectivity index (χ4v) is 3.85. The number of hydrogen-bond acceptors (Lipinski definition) is 4. The first-order valence-electron chi connectivity index (χ1n) is 8.29. The summed E-state index contributed by atoms with van der Waals surface area (Å²) in [7, 11) is -1.82. The molecule has 1 amide bonds. The number of fused-ring (bicyclic) bond motifs is 1. The number of sulfonamides is 1. The molecular formula is C19H22N2O4S. The smallest absolute Gasteiger partial charge is 0.265 e. The third-order valence-electron chi connectivity index (χ3n) is 4.33. The van der Waals surface area contributed by atoms with E-state index < -0.39 is 16.1 Å². The molecule has 2 aromatic carbocycles. The highest BCUT2D eigenvalue weighted by molar-refractivity contribution is 7.92. The van der Waals surface area contributed by atoms with Gasteiger partial charge in [-0.25, -0.2) is 8.42 Å². The van der Waals surface area contributed by atoms with Crippen LogP contribution in [0.3, 0.4) is 0 Å². The number of para-hydroxylation sites is 2. The van der Waals surface area contributed by atoms with Crippen molar-refractivity contribution in [2.45, 2.75) is 19.6 Å². The minimum absolute atomic E-state index is 0.0348. The van der Waals surface area contributed by atoms with Crippen molar-refractivity contribution in [1.29, 1.82) is 0 Å². The van der Waals surface area contributed by atoms with Crippen LogP contribution >= 0.6 is 0 Å². The molecule has 1 aliphatic rings. The van der Waals surface area contributed by atoms with Crippen LogP contribution in [0.2, 0.25) is 0 Å². The Balaban J connectivity index is 1.80. The number of carbonyl (C=O) groups excluding carboxylic acids is 1. The average Bonchev–Trinajstić information content (AvgIpc) is 2.61. The Kier molecular flexibility index (Phi) is 4.91. The topological polar surface area (TPSA) is 66.9 Å². The second kappa shape index (κ2) is 6.99. The number of nitrogens with zero attached hydrogens (tertiary/aromatic N) is 2. The number of rotatable bonds is 4. The van der Waals surface area contributed by atoms with Gasteiger partial charge in [-0.15, -0.1) is 0 Å². The number of benzene rings is 2. The Morgan fingerprint density at radius 2 is 1.85 bits per heavy atom. The minimum atomic E-state index is -3.51. The zero-order chi connectivity index (χ0) is 18.9. The number of amides is 1. The van der Waals surface area contributed by atoms with Crippen LogP contribution in [0.1, 0.15) is 11.1 Å². The van der Waals surface area contributed by atoms with Gasteiger partial charge in [-0.05, 0) is 24.6 Å². The van der Waals surface area contributed by atoms with Gasteiger partial charge in [0.25, 0.3) is 5.91 Å². The molecule has 0 aromatic heterocycles. The lowest BCUT2D eigenvalue weighted by Gasteiger charge is -2.35. The number of aryl methyl sites for hydroxylation is 1. The Morgan fingerprint density at radius 3 is 2.50 bits per heavy atom. The molecule has 0 bridgehead atoms. The monoisotopic (exact) mass is 374 g/mol. The summed E-state index contributed by atoms with van der Waals surface area (Å²) in [6, 6.07) is 14.8. The molecule has 1 heterocycles. The van der Waals surface area contributed by atoms with Crippen LogP contribution in [0.5, 0.6) is 5.75 Å². The highest BCUT2D eigenvalue weighted by atomic mass is 32.2. The molecule has 0 unspecified atom stereocenters. The molecule has 26 heavy (non-hydrogen) atoms. The summed E-state index contributed by atoms with van der Waals surface area (Å²) in [5, 5.41) is 0. The van der Waals surface area contributed by atoms with Crippen molar-refractivity contribution in [3.05, 3.63) is 59.7 Å². The fourth-order valence-electron chi connectivity index (χ4n) is 2.94. The molecular weight excluding hydrogens is 352 g/mol. The predicted octanol–water partition coefficient (Wildman–Crippen LogP) is 2.18. The van der Waals surface area contributed by atoms with Crippen molar-refractivity contribution >= 4 is 21.6 Å². The maximum Gasteiger partial charge on any atom is 0.265 e. The van der Waals surface area contributed by atoms with Gasteiger partial charge in [0.2, 0.25) is 10.0 Å². The second-order valence-electron chi connectivity index (χ2n) is 6.55. The van der Waals surface area contributed by atoms with Crippen LogP contribution in [0.4, 0.5) is 5.69 Å². The van der Waals surface area contributed by atoms with Crippen LogP contribution in [0.15, 0.2) is 48.5 Å². The molecule has 0 spiro atoms. The SMILES string of the molecule is Cc1ccc(CN(C)C(=O)[C@H]2CN(S(C)(=O)=O)c3ccccc3O2)cc1. The maximum absolute atomic E-state index is 12.8. The van der Waals surface area contributed by atoms with Gasteiger partial charge < -0.3 is 9.64 Å². The Bertz CT molecular complexity index is 909. The normalized spacial score (nSPS) is 16.6. The number of likely N-dealkylation sites (N-methyl/N-ethyl adjacent to an activating group) is 1. The second-order valence-corrected chi connectivity index (χ2v) is 8.46. The first-order chi connectivity index (χ1) is 12.3. The van der Waals surface area contributed by atoms with Crippen molar-refractivity contribution < 1.29 is 17.9 Å². The molecule has 138 valence electrons. The minimum Gasteiger partial charge on any atom is -0.476 e. The van der Waals surface area contributed by atoms with Crippen molar-refractivity contribution in [3.8, 4) is 5.75 Å². The molecule has 0 saturated heterocycles. The molecule has 7 heteroatoms. The van der Waals surface area contributed by atoms with E-state index in [1.54, 1.807) is 36.2 Å². The summed E-state index contributed by atoms with van der Waals surface area (Å²) >= 11 is 0. The van der Waals surface area contributed by atoms with Crippen molar-refractivity contribution in [2.24, 2.45) is 0 Å². The molecule has 6 nitrogen and oxygen atoms in total. The standard InChI is InChI=1S/C19H22N2O4S/c1-14-8-10-15(11-9-14)12-20(2)19(22)18-13-21(26(3,23)24)16-6-4-5-7-17(16)25-18/h4-11,18H,12-13H2,1-3H3/t18-/m1/s1. The molecule has 0 radical (unpaired) electrons. The van der Waals surface area contributed by atoms with Gasteiger partial charge in [0.05, 0.1) is 18.5 Å². The van der Waals surface area contributed by atoms with Crippen molar-refractivity contribution in [3.63, 3.8) is 0 Å². The van der Waals surface area contributed by atoms with E-state index >= 15 is 0 Å². The number of carbonyl (C=O) groups is 1. The summed E-state index contributed by atoms with van der Waals surface area (Å²) in [6.07, 6.45) is 0.252. The van der Waals surface area contributed by atoms with E-state index in [-0.39, 0.29) is 12.5 Å². The quantitative estimate of drug-likeness (QED) is 0.823. The number of anilines is 1. The number of hydrogen-bond donors (Lipinski definition) is 0. The van der Waals surface area contributed by atoms with Crippen molar-refractivity contribution in [1.82, 2.24) is 4.90 Å². The van der Waals surface area contributed by atoms with E-state index in [0.29, 0.717) is 18.0 Å². The maximum atomic E-state index is 12.8. The van der Waals surface area contributed by atoms with Crippen LogP contribution in [-0.2, 0) is 21.4 Å². The highest BCUT2D eigenvalue weighted by Crippen LogP contribution is 2.34. The van der Waals surface area contributed by atoms with Gasteiger partial charge in [0.15, 0.2) is 6.10 Å². The van der Waals surface area contributed by atoms with Gasteiger partial charge in [-0.1, -0.05) is 42.0 Å². The lowest BCUT2D eigenvalue weighted by molar-refractivity contribution is -0.137. The van der Waals surface area contributed by atoms with E-state index in [1.807, 2.05) is 31.2 Å². The van der Waals surface area contributed by atoms with E-state index in [4.69, 9.17) is 4.74 Å². The lowest BCUT2D eigenvalue weighted by atomic mass is 10.1. The zero-order valence-electron chi connectivity index (χ0n) is 15.0. The molecule has 0 saturated carbocycles. The van der Waals surface area contributed by atoms with Crippen LogP contribution in [0.25, 0.3) is 0 Å². The van der Waals surface area contributed by atoms with Gasteiger partial charge in [-0.2, -0.15) is 0 Å². The Morgan fingerprint density at radius 1 is 1.19 bits per heavy atom. The largest absolute Gasteiger partial charge is 0.476 e. The molecule has 0 aliphatic carbocycles. The highest BCUT2D eigenvalue weighted by Gasteiger charge is 2.36. The number of ether oxygens (including phenoxy) is 1.